The molecule has 1 unspecified atom stereocenters. The van der Waals surface area contributed by atoms with E-state index in [4.69, 9.17) is 0 Å². The Morgan fingerprint density at radius 1 is 1.65 bits per heavy atom. The first-order chi connectivity index (χ1) is 8.27. The second kappa shape index (κ2) is 5.82. The lowest BCUT2D eigenvalue weighted by atomic mass is 10.0. The molecule has 0 saturated carbocycles. The lowest BCUT2D eigenvalue weighted by molar-refractivity contribution is -0.123. The predicted molar refractivity (Wildman–Crippen MR) is 65.6 cm³/mol. The fourth-order valence-corrected chi connectivity index (χ4v) is 2.13. The Morgan fingerprint density at radius 2 is 2.53 bits per heavy atom. The first-order valence-corrected chi connectivity index (χ1v) is 6.24. The molecule has 1 aromatic heterocycles. The molecule has 2 N–H and O–H groups in total. The van der Waals surface area contributed by atoms with Gasteiger partial charge in [0, 0.05) is 32.4 Å². The van der Waals surface area contributed by atoms with E-state index in [1.54, 1.807) is 6.20 Å². The average molecular weight is 236 g/mol. The second-order valence-electron chi connectivity index (χ2n) is 4.50. The number of carbonyl (C=O) groups is 1. The molecule has 1 aromatic rings. The number of amides is 1. The summed E-state index contributed by atoms with van der Waals surface area (Å²) in [6.45, 7) is 1.61. The fourth-order valence-electron chi connectivity index (χ4n) is 2.13. The molecule has 17 heavy (non-hydrogen) atoms. The van der Waals surface area contributed by atoms with Crippen molar-refractivity contribution < 1.29 is 4.79 Å². The molecule has 0 bridgehead atoms. The number of hydrogen-bond acceptors (Lipinski definition) is 3. The van der Waals surface area contributed by atoms with Crippen molar-refractivity contribution in [1.82, 2.24) is 20.2 Å². The summed E-state index contributed by atoms with van der Waals surface area (Å²) in [5.74, 6) is 1.13. The summed E-state index contributed by atoms with van der Waals surface area (Å²) in [5, 5.41) is 6.20. The topological polar surface area (TPSA) is 59.0 Å². The highest BCUT2D eigenvalue weighted by molar-refractivity contribution is 5.81. The number of aromatic nitrogens is 2. The number of piperidine rings is 1. The van der Waals surface area contributed by atoms with Gasteiger partial charge in [-0.25, -0.2) is 4.98 Å². The number of nitrogens with zero attached hydrogens (tertiary/aromatic N) is 2. The predicted octanol–water partition coefficient (Wildman–Crippen LogP) is 0.221. The van der Waals surface area contributed by atoms with Crippen molar-refractivity contribution in [3.63, 3.8) is 0 Å². The largest absolute Gasteiger partial charge is 0.354 e. The first-order valence-electron chi connectivity index (χ1n) is 6.24. The Labute approximate surface area is 102 Å². The molecule has 0 radical (unpaired) electrons. The van der Waals surface area contributed by atoms with Gasteiger partial charge >= 0.3 is 0 Å². The number of aryl methyl sites for hydroxylation is 1. The number of hydrogen-bond donors (Lipinski definition) is 2. The van der Waals surface area contributed by atoms with Crippen LogP contribution in [-0.2, 0) is 18.3 Å². The third-order valence-corrected chi connectivity index (χ3v) is 3.20. The minimum Gasteiger partial charge on any atom is -0.354 e. The van der Waals surface area contributed by atoms with Crippen LogP contribution in [0.15, 0.2) is 12.4 Å². The maximum absolute atomic E-state index is 11.8. The SMILES string of the molecule is Cn1ccnc1CCNC(=O)C1CCCCN1. The molecule has 1 aliphatic heterocycles. The minimum absolute atomic E-state index is 0.00474. The van der Waals surface area contributed by atoms with Crippen molar-refractivity contribution in [1.29, 1.82) is 0 Å². The van der Waals surface area contributed by atoms with Gasteiger partial charge in [-0.15, -0.1) is 0 Å². The summed E-state index contributed by atoms with van der Waals surface area (Å²) < 4.78 is 1.98. The molecule has 0 aliphatic carbocycles. The van der Waals surface area contributed by atoms with Gasteiger partial charge in [-0.3, -0.25) is 4.79 Å². The Balaban J connectivity index is 1.71. The Hall–Kier alpha value is -1.36. The molecule has 0 aromatic carbocycles. The molecular formula is C12H20N4O. The van der Waals surface area contributed by atoms with Gasteiger partial charge in [0.05, 0.1) is 6.04 Å². The highest BCUT2D eigenvalue weighted by Gasteiger charge is 2.19. The molecular weight excluding hydrogens is 216 g/mol. The number of rotatable bonds is 4. The van der Waals surface area contributed by atoms with E-state index in [1.165, 1.54) is 6.42 Å². The lowest BCUT2D eigenvalue weighted by Crippen LogP contribution is -2.47. The molecule has 1 fully saturated rings. The van der Waals surface area contributed by atoms with Crippen LogP contribution in [0.2, 0.25) is 0 Å². The molecule has 94 valence electrons. The van der Waals surface area contributed by atoms with Gasteiger partial charge in [-0.2, -0.15) is 0 Å². The molecule has 1 amide bonds. The molecule has 1 atom stereocenters. The quantitative estimate of drug-likeness (QED) is 0.786. The molecule has 2 rings (SSSR count). The highest BCUT2D eigenvalue weighted by Crippen LogP contribution is 2.06. The summed E-state index contributed by atoms with van der Waals surface area (Å²) in [6, 6.07) is 0.00474. The molecule has 5 nitrogen and oxygen atoms in total. The molecule has 1 saturated heterocycles. The molecule has 0 spiro atoms. The standard InChI is InChI=1S/C12H20N4O/c1-16-9-8-14-11(16)5-7-15-12(17)10-4-2-3-6-13-10/h8-10,13H,2-7H2,1H3,(H,15,17). The summed E-state index contributed by atoms with van der Waals surface area (Å²) in [4.78, 5) is 16.0. The minimum atomic E-state index is 0.00474. The third-order valence-electron chi connectivity index (χ3n) is 3.20. The Morgan fingerprint density at radius 3 is 3.18 bits per heavy atom. The zero-order chi connectivity index (χ0) is 12.1. The number of nitrogens with one attached hydrogen (secondary N) is 2. The second-order valence-corrected chi connectivity index (χ2v) is 4.50. The summed E-state index contributed by atoms with van der Waals surface area (Å²) in [7, 11) is 1.97. The highest BCUT2D eigenvalue weighted by atomic mass is 16.2. The van der Waals surface area contributed by atoms with Crippen LogP contribution in [0.25, 0.3) is 0 Å². The lowest BCUT2D eigenvalue weighted by Gasteiger charge is -2.22. The Kier molecular flexibility index (Phi) is 4.14. The van der Waals surface area contributed by atoms with Gasteiger partial charge < -0.3 is 15.2 Å². The zero-order valence-electron chi connectivity index (χ0n) is 10.3. The van der Waals surface area contributed by atoms with E-state index in [1.807, 2.05) is 17.8 Å². The summed E-state index contributed by atoms with van der Waals surface area (Å²) in [6.07, 6.45) is 7.75. The van der Waals surface area contributed by atoms with Gasteiger partial charge in [0.2, 0.25) is 5.91 Å². The van der Waals surface area contributed by atoms with Crippen LogP contribution < -0.4 is 10.6 Å². The molecule has 1 aliphatic rings. The zero-order valence-corrected chi connectivity index (χ0v) is 10.3. The van der Waals surface area contributed by atoms with Crippen molar-refractivity contribution in [2.24, 2.45) is 7.05 Å². The van der Waals surface area contributed by atoms with Crippen molar-refractivity contribution in [3.8, 4) is 0 Å². The van der Waals surface area contributed by atoms with Crippen LogP contribution in [0, 0.1) is 0 Å². The van der Waals surface area contributed by atoms with E-state index in [9.17, 15) is 4.79 Å². The van der Waals surface area contributed by atoms with Crippen molar-refractivity contribution in [2.75, 3.05) is 13.1 Å². The van der Waals surface area contributed by atoms with Gasteiger partial charge in [0.1, 0.15) is 5.82 Å². The van der Waals surface area contributed by atoms with Gasteiger partial charge in [0.15, 0.2) is 0 Å². The smallest absolute Gasteiger partial charge is 0.237 e. The van der Waals surface area contributed by atoms with Crippen LogP contribution in [0.1, 0.15) is 25.1 Å². The number of carbonyl (C=O) groups excluding carboxylic acids is 1. The van der Waals surface area contributed by atoms with E-state index < -0.39 is 0 Å². The van der Waals surface area contributed by atoms with E-state index >= 15 is 0 Å². The van der Waals surface area contributed by atoms with Crippen LogP contribution in [-0.4, -0.2) is 34.6 Å². The van der Waals surface area contributed by atoms with Gasteiger partial charge in [-0.1, -0.05) is 6.42 Å². The molecule has 2 heterocycles. The van der Waals surface area contributed by atoms with Gasteiger partial charge in [-0.05, 0) is 19.4 Å². The maximum Gasteiger partial charge on any atom is 0.237 e. The summed E-state index contributed by atoms with van der Waals surface area (Å²) in [5.41, 5.74) is 0. The first kappa shape index (κ1) is 12.1. The van der Waals surface area contributed by atoms with Gasteiger partial charge in [0.25, 0.3) is 0 Å². The van der Waals surface area contributed by atoms with E-state index in [-0.39, 0.29) is 11.9 Å². The normalized spacial score (nSPS) is 20.2. The fraction of sp³-hybridized carbons (Fsp3) is 0.667. The average Bonchev–Trinajstić information content (AvgIpc) is 2.76. The van der Waals surface area contributed by atoms with E-state index in [2.05, 4.69) is 15.6 Å². The van der Waals surface area contributed by atoms with E-state index in [0.717, 1.165) is 31.6 Å². The van der Waals surface area contributed by atoms with Crippen LogP contribution in [0.3, 0.4) is 0 Å². The monoisotopic (exact) mass is 236 g/mol. The van der Waals surface area contributed by atoms with Crippen LogP contribution >= 0.6 is 0 Å². The van der Waals surface area contributed by atoms with Crippen LogP contribution in [0.4, 0.5) is 0 Å². The Bertz CT molecular complexity index is 368. The van der Waals surface area contributed by atoms with Crippen molar-refractivity contribution in [3.05, 3.63) is 18.2 Å². The third kappa shape index (κ3) is 3.30. The maximum atomic E-state index is 11.8. The van der Waals surface area contributed by atoms with E-state index in [0.29, 0.717) is 6.54 Å². The molecule has 5 heteroatoms. The van der Waals surface area contributed by atoms with Crippen molar-refractivity contribution in [2.45, 2.75) is 31.7 Å². The van der Waals surface area contributed by atoms with Crippen LogP contribution in [0.5, 0.6) is 0 Å². The summed E-state index contributed by atoms with van der Waals surface area (Å²) >= 11 is 0. The number of imidazole rings is 1. The van der Waals surface area contributed by atoms with Crippen molar-refractivity contribution >= 4 is 5.91 Å².